The number of allylic oxidation sites excluding steroid dienone is 1. The van der Waals surface area contributed by atoms with Crippen LogP contribution in [-0.4, -0.2) is 38.0 Å². The van der Waals surface area contributed by atoms with Gasteiger partial charge >= 0.3 is 0 Å². The number of hydrogen-bond donors (Lipinski definition) is 1. The summed E-state index contributed by atoms with van der Waals surface area (Å²) in [6, 6.07) is 7.40. The number of carbonyl (C=O) groups excluding carboxylic acids is 1. The first kappa shape index (κ1) is 20.9. The second-order valence-electron chi connectivity index (χ2n) is 5.82. The fourth-order valence-electron chi connectivity index (χ4n) is 2.41. The van der Waals surface area contributed by atoms with Gasteiger partial charge in [-0.15, -0.1) is 28.1 Å². The molecule has 29 heavy (non-hydrogen) atoms. The molecule has 0 saturated carbocycles. The van der Waals surface area contributed by atoms with Gasteiger partial charge < -0.3 is 14.8 Å². The highest BCUT2D eigenvalue weighted by Crippen LogP contribution is 2.28. The third-order valence-corrected chi connectivity index (χ3v) is 5.61. The molecule has 0 radical (unpaired) electrons. The van der Waals surface area contributed by atoms with E-state index in [1.54, 1.807) is 19.4 Å². The lowest BCUT2D eigenvalue weighted by Crippen LogP contribution is -2.23. The number of anilines is 1. The van der Waals surface area contributed by atoms with Gasteiger partial charge in [-0.2, -0.15) is 0 Å². The van der Waals surface area contributed by atoms with Crippen molar-refractivity contribution < 1.29 is 14.3 Å². The van der Waals surface area contributed by atoms with Crippen LogP contribution < -0.4 is 14.8 Å². The zero-order valence-corrected chi connectivity index (χ0v) is 17.7. The van der Waals surface area contributed by atoms with Gasteiger partial charge in [0.2, 0.25) is 5.91 Å². The number of nitrogens with zero attached hydrogens (tertiary/aromatic N) is 4. The molecular weight excluding hydrogens is 410 g/mol. The lowest BCUT2D eigenvalue weighted by atomic mass is 10.3. The molecule has 3 rings (SSSR count). The summed E-state index contributed by atoms with van der Waals surface area (Å²) in [5.41, 5.74) is 0. The second-order valence-corrected chi connectivity index (χ2v) is 8.03. The van der Waals surface area contributed by atoms with Crippen molar-refractivity contribution >= 4 is 34.1 Å². The molecule has 0 aliphatic carbocycles. The van der Waals surface area contributed by atoms with Crippen LogP contribution in [0, 0.1) is 0 Å². The largest absolute Gasteiger partial charge is 0.493 e. The van der Waals surface area contributed by atoms with Crippen molar-refractivity contribution in [3.63, 3.8) is 0 Å². The highest BCUT2D eigenvalue weighted by molar-refractivity contribution is 8.00. The van der Waals surface area contributed by atoms with Gasteiger partial charge in [0.15, 0.2) is 27.6 Å². The van der Waals surface area contributed by atoms with E-state index in [0.29, 0.717) is 34.2 Å². The Hall–Kier alpha value is -2.85. The first-order chi connectivity index (χ1) is 14.1. The molecule has 1 aromatic carbocycles. The van der Waals surface area contributed by atoms with E-state index < -0.39 is 0 Å². The SMILES string of the molecule is C=CCn1c(COc2ccccc2OC)nnc1SC(C)C(=O)Nc1nccs1. The summed E-state index contributed by atoms with van der Waals surface area (Å²) in [5.74, 6) is 1.74. The van der Waals surface area contributed by atoms with Crippen LogP contribution in [0.25, 0.3) is 0 Å². The molecule has 0 spiro atoms. The fourth-order valence-corrected chi connectivity index (χ4v) is 3.82. The molecule has 1 amide bonds. The first-order valence-electron chi connectivity index (χ1n) is 8.78. The maximum absolute atomic E-state index is 12.4. The Bertz CT molecular complexity index is 959. The van der Waals surface area contributed by atoms with E-state index in [1.807, 2.05) is 41.1 Å². The number of benzene rings is 1. The van der Waals surface area contributed by atoms with E-state index in [4.69, 9.17) is 9.47 Å². The summed E-state index contributed by atoms with van der Waals surface area (Å²) in [6.45, 7) is 6.32. The number of methoxy groups -OCH3 is 1. The molecule has 0 bridgehead atoms. The summed E-state index contributed by atoms with van der Waals surface area (Å²) in [6.07, 6.45) is 3.40. The average molecular weight is 432 g/mol. The van der Waals surface area contributed by atoms with Crippen molar-refractivity contribution in [2.24, 2.45) is 0 Å². The number of hydrogen-bond acceptors (Lipinski definition) is 8. The molecule has 10 heteroatoms. The van der Waals surface area contributed by atoms with Crippen LogP contribution in [0.5, 0.6) is 11.5 Å². The van der Waals surface area contributed by atoms with Crippen LogP contribution in [0.3, 0.4) is 0 Å². The van der Waals surface area contributed by atoms with Crippen molar-refractivity contribution in [2.75, 3.05) is 12.4 Å². The number of para-hydroxylation sites is 2. The van der Waals surface area contributed by atoms with Gasteiger partial charge in [0.25, 0.3) is 0 Å². The Labute approximate surface area is 177 Å². The van der Waals surface area contributed by atoms with Crippen molar-refractivity contribution in [3.8, 4) is 11.5 Å². The van der Waals surface area contributed by atoms with E-state index in [1.165, 1.54) is 23.1 Å². The van der Waals surface area contributed by atoms with E-state index >= 15 is 0 Å². The van der Waals surface area contributed by atoms with Gasteiger partial charge in [-0.1, -0.05) is 30.0 Å². The summed E-state index contributed by atoms with van der Waals surface area (Å²) in [7, 11) is 1.59. The maximum atomic E-state index is 12.4. The molecule has 3 aromatic rings. The molecule has 1 atom stereocenters. The number of rotatable bonds is 10. The normalized spacial score (nSPS) is 11.7. The minimum Gasteiger partial charge on any atom is -0.493 e. The zero-order valence-electron chi connectivity index (χ0n) is 16.1. The van der Waals surface area contributed by atoms with E-state index in [9.17, 15) is 4.79 Å². The quantitative estimate of drug-likeness (QED) is 0.387. The van der Waals surface area contributed by atoms with Crippen molar-refractivity contribution in [2.45, 2.75) is 30.5 Å². The Morgan fingerprint density at radius 2 is 2.17 bits per heavy atom. The number of ether oxygens (including phenoxy) is 2. The van der Waals surface area contributed by atoms with Gasteiger partial charge in [0, 0.05) is 18.1 Å². The molecule has 2 heterocycles. The molecular formula is C19H21N5O3S2. The maximum Gasteiger partial charge on any atom is 0.239 e. The number of carbonyl (C=O) groups is 1. The van der Waals surface area contributed by atoms with Crippen molar-refractivity contribution in [3.05, 3.63) is 54.3 Å². The summed E-state index contributed by atoms with van der Waals surface area (Å²) in [4.78, 5) is 16.5. The predicted octanol–water partition coefficient (Wildman–Crippen LogP) is 3.63. The monoisotopic (exact) mass is 431 g/mol. The second kappa shape index (κ2) is 10.1. The highest BCUT2D eigenvalue weighted by atomic mass is 32.2. The standard InChI is InChI=1S/C19H21N5O3S2/c1-4-10-24-16(12-27-15-8-6-5-7-14(15)26-3)22-23-19(24)29-13(2)17(25)21-18-20-9-11-28-18/h4-9,11,13H,1,10,12H2,2-3H3,(H,20,21,25). The van der Waals surface area contributed by atoms with Crippen molar-refractivity contribution in [1.82, 2.24) is 19.7 Å². The predicted molar refractivity (Wildman–Crippen MR) is 114 cm³/mol. The lowest BCUT2D eigenvalue weighted by Gasteiger charge is -2.13. The molecule has 0 saturated heterocycles. The highest BCUT2D eigenvalue weighted by Gasteiger charge is 2.21. The van der Waals surface area contributed by atoms with Crippen LogP contribution in [0.1, 0.15) is 12.7 Å². The molecule has 2 aromatic heterocycles. The minimum atomic E-state index is -0.380. The van der Waals surface area contributed by atoms with Gasteiger partial charge in [-0.3, -0.25) is 9.36 Å². The van der Waals surface area contributed by atoms with Crippen molar-refractivity contribution in [1.29, 1.82) is 0 Å². The van der Waals surface area contributed by atoms with Crippen LogP contribution >= 0.6 is 23.1 Å². The number of amides is 1. The molecule has 1 unspecified atom stereocenters. The Morgan fingerprint density at radius 1 is 1.38 bits per heavy atom. The van der Waals surface area contributed by atoms with Gasteiger partial charge in [-0.25, -0.2) is 4.98 Å². The average Bonchev–Trinajstić information content (AvgIpc) is 3.37. The van der Waals surface area contributed by atoms with Gasteiger partial charge in [-0.05, 0) is 19.1 Å². The molecule has 152 valence electrons. The van der Waals surface area contributed by atoms with Crippen LogP contribution in [0.15, 0.2) is 53.7 Å². The van der Waals surface area contributed by atoms with Crippen LogP contribution in [0.2, 0.25) is 0 Å². The van der Waals surface area contributed by atoms with Gasteiger partial charge in [0.1, 0.15) is 6.61 Å². The molecule has 0 aliphatic heterocycles. The first-order valence-corrected chi connectivity index (χ1v) is 10.5. The molecule has 1 N–H and O–H groups in total. The number of aromatic nitrogens is 4. The lowest BCUT2D eigenvalue weighted by molar-refractivity contribution is -0.115. The molecule has 8 nitrogen and oxygen atoms in total. The fraction of sp³-hybridized carbons (Fsp3) is 0.263. The summed E-state index contributed by atoms with van der Waals surface area (Å²) >= 11 is 2.69. The van der Waals surface area contributed by atoms with Crippen LogP contribution in [0.4, 0.5) is 5.13 Å². The minimum absolute atomic E-state index is 0.148. The number of nitrogens with one attached hydrogen (secondary N) is 1. The smallest absolute Gasteiger partial charge is 0.239 e. The zero-order chi connectivity index (χ0) is 20.6. The third-order valence-electron chi connectivity index (χ3n) is 3.84. The van der Waals surface area contributed by atoms with E-state index in [2.05, 4.69) is 27.1 Å². The van der Waals surface area contributed by atoms with Crippen LogP contribution in [-0.2, 0) is 17.9 Å². The van der Waals surface area contributed by atoms with E-state index in [-0.39, 0.29) is 17.8 Å². The topological polar surface area (TPSA) is 91.2 Å². The molecule has 0 fully saturated rings. The van der Waals surface area contributed by atoms with E-state index in [0.717, 1.165) is 0 Å². The third kappa shape index (κ3) is 5.36. The Kier molecular flexibility index (Phi) is 7.25. The number of thioether (sulfide) groups is 1. The Morgan fingerprint density at radius 3 is 2.86 bits per heavy atom. The Balaban J connectivity index is 1.69. The van der Waals surface area contributed by atoms with Gasteiger partial charge in [0.05, 0.1) is 12.4 Å². The summed E-state index contributed by atoms with van der Waals surface area (Å²) in [5, 5.41) is 13.9. The number of thiazole rings is 1. The summed E-state index contributed by atoms with van der Waals surface area (Å²) < 4.78 is 13.0. The molecule has 0 aliphatic rings.